The first-order valence-electron chi connectivity index (χ1n) is 8.35. The maximum Gasteiger partial charge on any atom is 0.261 e. The molecule has 3 heterocycles. The number of anilines is 1. The maximum atomic E-state index is 12.1. The SMILES string of the molecule is O=C(CCNC(=O)c1cccs1)NC1CCCN(c2ncccn2)C1. The van der Waals surface area contributed by atoms with Gasteiger partial charge in [-0.05, 0) is 30.4 Å². The fraction of sp³-hybridized carbons (Fsp3) is 0.412. The summed E-state index contributed by atoms with van der Waals surface area (Å²) >= 11 is 1.39. The number of amides is 2. The number of hydrogen-bond donors (Lipinski definition) is 2. The molecular weight excluding hydrogens is 338 g/mol. The first kappa shape index (κ1) is 17.3. The first-order chi connectivity index (χ1) is 12.2. The van der Waals surface area contributed by atoms with Crippen LogP contribution >= 0.6 is 11.3 Å². The third kappa shape index (κ3) is 4.99. The Morgan fingerprint density at radius 2 is 2.12 bits per heavy atom. The lowest BCUT2D eigenvalue weighted by atomic mass is 10.1. The molecule has 132 valence electrons. The zero-order chi connectivity index (χ0) is 17.5. The van der Waals surface area contributed by atoms with E-state index in [9.17, 15) is 9.59 Å². The van der Waals surface area contributed by atoms with Crippen molar-refractivity contribution in [3.05, 3.63) is 40.8 Å². The fourth-order valence-electron chi connectivity index (χ4n) is 2.82. The number of nitrogens with zero attached hydrogens (tertiary/aromatic N) is 3. The molecule has 0 saturated carbocycles. The van der Waals surface area contributed by atoms with Crippen molar-refractivity contribution in [2.75, 3.05) is 24.5 Å². The quantitative estimate of drug-likeness (QED) is 0.815. The largest absolute Gasteiger partial charge is 0.352 e. The normalized spacial score (nSPS) is 17.1. The highest BCUT2D eigenvalue weighted by Crippen LogP contribution is 2.15. The monoisotopic (exact) mass is 359 g/mol. The molecule has 2 aromatic rings. The van der Waals surface area contributed by atoms with Crippen LogP contribution in [-0.4, -0.2) is 47.5 Å². The van der Waals surface area contributed by atoms with Crippen LogP contribution in [0.3, 0.4) is 0 Å². The Hall–Kier alpha value is -2.48. The van der Waals surface area contributed by atoms with Crippen LogP contribution in [0.1, 0.15) is 28.9 Å². The summed E-state index contributed by atoms with van der Waals surface area (Å²) in [5, 5.41) is 7.66. The molecule has 25 heavy (non-hydrogen) atoms. The molecule has 0 spiro atoms. The number of carbonyl (C=O) groups is 2. The summed E-state index contributed by atoms with van der Waals surface area (Å²) in [6, 6.07) is 5.47. The summed E-state index contributed by atoms with van der Waals surface area (Å²) in [6.07, 6.45) is 5.64. The van der Waals surface area contributed by atoms with E-state index < -0.39 is 0 Å². The fourth-order valence-corrected chi connectivity index (χ4v) is 3.46. The van der Waals surface area contributed by atoms with Gasteiger partial charge < -0.3 is 15.5 Å². The Labute approximate surface area is 150 Å². The van der Waals surface area contributed by atoms with Gasteiger partial charge in [0.05, 0.1) is 4.88 Å². The lowest BCUT2D eigenvalue weighted by molar-refractivity contribution is -0.121. The molecule has 2 N–H and O–H groups in total. The lowest BCUT2D eigenvalue weighted by Gasteiger charge is -2.33. The highest BCUT2D eigenvalue weighted by molar-refractivity contribution is 7.12. The van der Waals surface area contributed by atoms with Gasteiger partial charge in [0.15, 0.2) is 0 Å². The Morgan fingerprint density at radius 3 is 2.88 bits per heavy atom. The second kappa shape index (κ2) is 8.57. The van der Waals surface area contributed by atoms with Gasteiger partial charge in [0, 0.05) is 44.5 Å². The summed E-state index contributed by atoms with van der Waals surface area (Å²) in [5.41, 5.74) is 0. The van der Waals surface area contributed by atoms with Gasteiger partial charge in [0.25, 0.3) is 5.91 Å². The van der Waals surface area contributed by atoms with Crippen molar-refractivity contribution in [2.45, 2.75) is 25.3 Å². The molecule has 0 radical (unpaired) electrons. The Balaban J connectivity index is 1.41. The number of piperidine rings is 1. The molecule has 2 aromatic heterocycles. The Morgan fingerprint density at radius 1 is 1.28 bits per heavy atom. The van der Waals surface area contributed by atoms with Gasteiger partial charge in [-0.1, -0.05) is 6.07 Å². The summed E-state index contributed by atoms with van der Waals surface area (Å²) in [4.78, 5) is 35.2. The van der Waals surface area contributed by atoms with Crippen LogP contribution in [0.25, 0.3) is 0 Å². The summed E-state index contributed by atoms with van der Waals surface area (Å²) in [5.74, 6) is 0.518. The van der Waals surface area contributed by atoms with Crippen molar-refractivity contribution in [1.82, 2.24) is 20.6 Å². The van der Waals surface area contributed by atoms with E-state index in [-0.39, 0.29) is 24.3 Å². The topological polar surface area (TPSA) is 87.2 Å². The molecule has 7 nitrogen and oxygen atoms in total. The van der Waals surface area contributed by atoms with E-state index in [4.69, 9.17) is 0 Å². The van der Waals surface area contributed by atoms with Crippen molar-refractivity contribution in [1.29, 1.82) is 0 Å². The summed E-state index contributed by atoms with van der Waals surface area (Å²) in [6.45, 7) is 1.94. The maximum absolute atomic E-state index is 12.1. The van der Waals surface area contributed by atoms with Crippen LogP contribution in [-0.2, 0) is 4.79 Å². The average Bonchev–Trinajstić information content (AvgIpc) is 3.17. The van der Waals surface area contributed by atoms with E-state index in [1.165, 1.54) is 11.3 Å². The molecule has 3 rings (SSSR count). The van der Waals surface area contributed by atoms with Crippen molar-refractivity contribution in [2.24, 2.45) is 0 Å². The summed E-state index contributed by atoms with van der Waals surface area (Å²) < 4.78 is 0. The predicted molar refractivity (Wildman–Crippen MR) is 96.7 cm³/mol. The zero-order valence-electron chi connectivity index (χ0n) is 13.9. The van der Waals surface area contributed by atoms with Gasteiger partial charge in [-0.15, -0.1) is 11.3 Å². The van der Waals surface area contributed by atoms with Crippen molar-refractivity contribution in [3.8, 4) is 0 Å². The molecule has 8 heteroatoms. The third-order valence-corrected chi connectivity index (χ3v) is 4.87. The minimum atomic E-state index is -0.132. The molecule has 1 unspecified atom stereocenters. The summed E-state index contributed by atoms with van der Waals surface area (Å²) in [7, 11) is 0. The number of nitrogens with one attached hydrogen (secondary N) is 2. The smallest absolute Gasteiger partial charge is 0.261 e. The van der Waals surface area contributed by atoms with Gasteiger partial charge in [-0.25, -0.2) is 9.97 Å². The molecule has 0 bridgehead atoms. The number of rotatable bonds is 6. The van der Waals surface area contributed by atoms with E-state index in [1.54, 1.807) is 24.5 Å². The minimum Gasteiger partial charge on any atom is -0.352 e. The second-order valence-corrected chi connectivity index (χ2v) is 6.83. The van der Waals surface area contributed by atoms with Crippen LogP contribution in [0.5, 0.6) is 0 Å². The van der Waals surface area contributed by atoms with Crippen molar-refractivity contribution < 1.29 is 9.59 Å². The molecule has 1 aliphatic heterocycles. The van der Waals surface area contributed by atoms with Crippen LogP contribution in [0.4, 0.5) is 5.95 Å². The van der Waals surface area contributed by atoms with Crippen LogP contribution in [0.2, 0.25) is 0 Å². The van der Waals surface area contributed by atoms with Crippen LogP contribution in [0, 0.1) is 0 Å². The zero-order valence-corrected chi connectivity index (χ0v) is 14.7. The first-order valence-corrected chi connectivity index (χ1v) is 9.23. The van der Waals surface area contributed by atoms with Gasteiger partial charge >= 0.3 is 0 Å². The van der Waals surface area contributed by atoms with E-state index in [0.29, 0.717) is 23.9 Å². The standard InChI is InChI=1S/C17H21N5O2S/c23-15(6-9-18-16(24)14-5-2-11-25-14)21-13-4-1-10-22(12-13)17-19-7-3-8-20-17/h2-3,5,7-8,11,13H,1,4,6,9-10,12H2,(H,18,24)(H,21,23). The predicted octanol–water partition coefficient (Wildman–Crippen LogP) is 1.44. The Bertz CT molecular complexity index is 692. The van der Waals surface area contributed by atoms with Crippen LogP contribution < -0.4 is 15.5 Å². The number of thiophene rings is 1. The molecule has 1 aliphatic rings. The number of hydrogen-bond acceptors (Lipinski definition) is 6. The number of aromatic nitrogens is 2. The molecule has 1 saturated heterocycles. The molecule has 1 atom stereocenters. The van der Waals surface area contributed by atoms with Crippen molar-refractivity contribution >= 4 is 29.1 Å². The van der Waals surface area contributed by atoms with Crippen LogP contribution in [0.15, 0.2) is 36.0 Å². The van der Waals surface area contributed by atoms with E-state index in [2.05, 4.69) is 25.5 Å². The second-order valence-electron chi connectivity index (χ2n) is 5.88. The van der Waals surface area contributed by atoms with Gasteiger partial charge in [0.1, 0.15) is 0 Å². The molecule has 2 amide bonds. The van der Waals surface area contributed by atoms with E-state index in [0.717, 1.165) is 19.4 Å². The number of carbonyl (C=O) groups excluding carboxylic acids is 2. The molecule has 1 fully saturated rings. The van der Waals surface area contributed by atoms with E-state index in [1.807, 2.05) is 11.4 Å². The Kier molecular flexibility index (Phi) is 5.95. The van der Waals surface area contributed by atoms with E-state index >= 15 is 0 Å². The van der Waals surface area contributed by atoms with Gasteiger partial charge in [0.2, 0.25) is 11.9 Å². The molecule has 0 aliphatic carbocycles. The third-order valence-electron chi connectivity index (χ3n) is 4.00. The highest BCUT2D eigenvalue weighted by Gasteiger charge is 2.22. The van der Waals surface area contributed by atoms with Gasteiger partial charge in [-0.3, -0.25) is 9.59 Å². The van der Waals surface area contributed by atoms with Crippen molar-refractivity contribution in [3.63, 3.8) is 0 Å². The molecular formula is C17H21N5O2S. The average molecular weight is 359 g/mol. The lowest BCUT2D eigenvalue weighted by Crippen LogP contribution is -2.48. The minimum absolute atomic E-state index is 0.0488. The van der Waals surface area contributed by atoms with Gasteiger partial charge in [-0.2, -0.15) is 0 Å². The molecule has 0 aromatic carbocycles. The highest BCUT2D eigenvalue weighted by atomic mass is 32.1.